The van der Waals surface area contributed by atoms with Crippen LogP contribution in [0.3, 0.4) is 0 Å². The van der Waals surface area contributed by atoms with Crippen LogP contribution in [0.1, 0.15) is 16.9 Å². The van der Waals surface area contributed by atoms with Gasteiger partial charge in [-0.3, -0.25) is 0 Å². The van der Waals surface area contributed by atoms with Crippen molar-refractivity contribution in [1.29, 1.82) is 0 Å². The lowest BCUT2D eigenvalue weighted by molar-refractivity contribution is -0.129. The molecule has 4 heteroatoms. The van der Waals surface area contributed by atoms with E-state index in [1.54, 1.807) is 12.3 Å². The average molecular weight is 253 g/mol. The van der Waals surface area contributed by atoms with E-state index in [0.717, 1.165) is 16.9 Å². The molecular formula is C15H11NO3. The molecule has 0 amide bonds. The predicted octanol–water partition coefficient (Wildman–Crippen LogP) is 2.93. The lowest BCUT2D eigenvalue weighted by atomic mass is 10.2. The molecule has 1 aliphatic heterocycles. The number of benzene rings is 1. The number of hydrogen-bond donors (Lipinski definition) is 0. The first-order chi connectivity index (χ1) is 9.22. The smallest absolute Gasteiger partial charge is 0.363 e. The van der Waals surface area contributed by atoms with Crippen molar-refractivity contribution in [3.05, 3.63) is 65.2 Å². The molecular weight excluding hydrogens is 242 g/mol. The van der Waals surface area contributed by atoms with Crippen molar-refractivity contribution in [2.75, 3.05) is 0 Å². The Kier molecular flexibility index (Phi) is 2.76. The fourth-order valence-electron chi connectivity index (χ4n) is 1.81. The van der Waals surface area contributed by atoms with E-state index in [2.05, 4.69) is 4.99 Å². The molecule has 2 heterocycles. The van der Waals surface area contributed by atoms with Crippen LogP contribution in [0.4, 0.5) is 0 Å². The fourth-order valence-corrected chi connectivity index (χ4v) is 1.81. The first-order valence-electron chi connectivity index (χ1n) is 5.85. The van der Waals surface area contributed by atoms with Crippen molar-refractivity contribution in [3.63, 3.8) is 0 Å². The Morgan fingerprint density at radius 2 is 2.00 bits per heavy atom. The summed E-state index contributed by atoms with van der Waals surface area (Å²) < 4.78 is 10.3. The van der Waals surface area contributed by atoms with E-state index >= 15 is 0 Å². The second-order valence-corrected chi connectivity index (χ2v) is 4.19. The zero-order chi connectivity index (χ0) is 13.2. The summed E-state index contributed by atoms with van der Waals surface area (Å²) in [6.07, 6.45) is 3.22. The third-order valence-electron chi connectivity index (χ3n) is 2.70. The van der Waals surface area contributed by atoms with Gasteiger partial charge in [0.1, 0.15) is 5.76 Å². The number of hydrogen-bond acceptors (Lipinski definition) is 4. The monoisotopic (exact) mass is 253 g/mol. The fraction of sp³-hybridized carbons (Fsp3) is 0.0667. The van der Waals surface area contributed by atoms with Crippen molar-refractivity contribution >= 4 is 17.9 Å². The molecule has 1 aromatic heterocycles. The molecule has 3 rings (SSSR count). The van der Waals surface area contributed by atoms with Crippen LogP contribution in [-0.4, -0.2) is 11.9 Å². The van der Waals surface area contributed by atoms with E-state index in [4.69, 9.17) is 9.15 Å². The van der Waals surface area contributed by atoms with Crippen molar-refractivity contribution in [2.24, 2.45) is 4.99 Å². The van der Waals surface area contributed by atoms with E-state index in [9.17, 15) is 4.79 Å². The number of carbonyl (C=O) groups is 1. The third-order valence-corrected chi connectivity index (χ3v) is 2.70. The number of ether oxygens (including phenoxy) is 1. The largest absolute Gasteiger partial charge is 0.469 e. The maximum Gasteiger partial charge on any atom is 0.363 e. The van der Waals surface area contributed by atoms with Gasteiger partial charge in [0, 0.05) is 11.1 Å². The Morgan fingerprint density at radius 1 is 1.21 bits per heavy atom. The Labute approximate surface area is 110 Å². The first-order valence-corrected chi connectivity index (χ1v) is 5.85. The van der Waals surface area contributed by atoms with Crippen molar-refractivity contribution in [3.8, 4) is 0 Å². The molecule has 0 bridgehead atoms. The highest BCUT2D eigenvalue weighted by Gasteiger charge is 2.23. The Hall–Kier alpha value is -2.62. The maximum absolute atomic E-state index is 11.7. The zero-order valence-corrected chi connectivity index (χ0v) is 10.3. The molecule has 1 aliphatic rings. The second kappa shape index (κ2) is 4.57. The van der Waals surface area contributed by atoms with Crippen LogP contribution in [0.2, 0.25) is 0 Å². The van der Waals surface area contributed by atoms with Crippen LogP contribution >= 0.6 is 0 Å². The van der Waals surface area contributed by atoms with Crippen LogP contribution in [0.15, 0.2) is 57.8 Å². The first kappa shape index (κ1) is 11.5. The number of cyclic esters (lactones) is 1. The van der Waals surface area contributed by atoms with Gasteiger partial charge in [-0.2, -0.15) is 0 Å². The molecule has 0 aliphatic carbocycles. The number of nitrogens with zero attached hydrogens (tertiary/aromatic N) is 1. The zero-order valence-electron chi connectivity index (χ0n) is 10.3. The highest BCUT2D eigenvalue weighted by Crippen LogP contribution is 2.19. The minimum atomic E-state index is -0.447. The minimum absolute atomic E-state index is 0.277. The number of aryl methyl sites for hydroxylation is 1. The maximum atomic E-state index is 11.7. The molecule has 0 unspecified atom stereocenters. The highest BCUT2D eigenvalue weighted by molar-refractivity contribution is 6.12. The minimum Gasteiger partial charge on any atom is -0.469 e. The predicted molar refractivity (Wildman–Crippen MR) is 70.5 cm³/mol. The molecule has 19 heavy (non-hydrogen) atoms. The van der Waals surface area contributed by atoms with E-state index in [1.807, 2.05) is 43.3 Å². The topological polar surface area (TPSA) is 51.8 Å². The highest BCUT2D eigenvalue weighted by atomic mass is 16.6. The van der Waals surface area contributed by atoms with Gasteiger partial charge in [-0.1, -0.05) is 18.2 Å². The van der Waals surface area contributed by atoms with Gasteiger partial charge in [0.15, 0.2) is 5.70 Å². The van der Waals surface area contributed by atoms with Crippen LogP contribution in [0.5, 0.6) is 0 Å². The molecule has 0 atom stereocenters. The summed E-state index contributed by atoms with van der Waals surface area (Å²) in [5.41, 5.74) is 1.85. The molecule has 0 N–H and O–H groups in total. The van der Waals surface area contributed by atoms with Gasteiger partial charge >= 0.3 is 5.97 Å². The van der Waals surface area contributed by atoms with Gasteiger partial charge in [-0.15, -0.1) is 0 Å². The molecule has 0 spiro atoms. The van der Waals surface area contributed by atoms with Gasteiger partial charge in [-0.25, -0.2) is 9.79 Å². The Morgan fingerprint density at radius 3 is 2.68 bits per heavy atom. The number of carbonyl (C=O) groups excluding carboxylic acids is 1. The second-order valence-electron chi connectivity index (χ2n) is 4.19. The average Bonchev–Trinajstić information content (AvgIpc) is 2.98. The normalized spacial score (nSPS) is 16.6. The number of aliphatic imine (C=N–C) groups is 1. The Bertz CT molecular complexity index is 680. The molecule has 94 valence electrons. The number of rotatable bonds is 2. The van der Waals surface area contributed by atoms with Gasteiger partial charge in [0.2, 0.25) is 5.90 Å². The lowest BCUT2D eigenvalue weighted by Crippen LogP contribution is -2.04. The van der Waals surface area contributed by atoms with Gasteiger partial charge in [0.05, 0.1) is 6.26 Å². The molecule has 4 nitrogen and oxygen atoms in total. The summed E-state index contributed by atoms with van der Waals surface area (Å²) in [5.74, 6) is 0.667. The summed E-state index contributed by atoms with van der Waals surface area (Å²) in [4.78, 5) is 15.9. The summed E-state index contributed by atoms with van der Waals surface area (Å²) in [6, 6.07) is 11.1. The summed E-state index contributed by atoms with van der Waals surface area (Å²) in [5, 5.41) is 0. The summed E-state index contributed by atoms with van der Waals surface area (Å²) >= 11 is 0. The van der Waals surface area contributed by atoms with Gasteiger partial charge in [-0.05, 0) is 31.2 Å². The SMILES string of the molecule is Cc1cc(/C=C2/N=C(c3ccccc3)OC2=O)co1. The van der Waals surface area contributed by atoms with E-state index in [1.165, 1.54) is 0 Å². The molecule has 0 fully saturated rings. The lowest BCUT2D eigenvalue weighted by Gasteiger charge is -1.97. The molecule has 1 aromatic carbocycles. The molecule has 0 saturated carbocycles. The van der Waals surface area contributed by atoms with Crippen molar-refractivity contribution in [1.82, 2.24) is 0 Å². The van der Waals surface area contributed by atoms with E-state index < -0.39 is 5.97 Å². The van der Waals surface area contributed by atoms with Crippen LogP contribution in [0, 0.1) is 6.92 Å². The third kappa shape index (κ3) is 2.33. The summed E-state index contributed by atoms with van der Waals surface area (Å²) in [6.45, 7) is 1.84. The molecule has 0 radical (unpaired) electrons. The number of furan rings is 1. The molecule has 0 saturated heterocycles. The Balaban J connectivity index is 1.94. The quantitative estimate of drug-likeness (QED) is 0.610. The summed E-state index contributed by atoms with van der Waals surface area (Å²) in [7, 11) is 0. The number of esters is 1. The van der Waals surface area contributed by atoms with Gasteiger partial charge < -0.3 is 9.15 Å². The van der Waals surface area contributed by atoms with Gasteiger partial charge in [0.25, 0.3) is 0 Å². The van der Waals surface area contributed by atoms with Crippen LogP contribution in [0.25, 0.3) is 6.08 Å². The van der Waals surface area contributed by atoms with Crippen molar-refractivity contribution < 1.29 is 13.9 Å². The molecule has 2 aromatic rings. The standard InChI is InChI=1S/C15H11NO3/c1-10-7-11(9-18-10)8-13-15(17)19-14(16-13)12-5-3-2-4-6-12/h2-9H,1H3/b13-8+. The van der Waals surface area contributed by atoms with Crippen molar-refractivity contribution in [2.45, 2.75) is 6.92 Å². The van der Waals surface area contributed by atoms with E-state index in [0.29, 0.717) is 5.90 Å². The van der Waals surface area contributed by atoms with Crippen LogP contribution in [-0.2, 0) is 9.53 Å². The van der Waals surface area contributed by atoms with E-state index in [-0.39, 0.29) is 5.70 Å². The van der Waals surface area contributed by atoms with Crippen LogP contribution < -0.4 is 0 Å².